The van der Waals surface area contributed by atoms with Crippen molar-refractivity contribution in [2.45, 2.75) is 6.92 Å². The molecule has 0 bridgehead atoms. The Bertz CT molecular complexity index is 1280. The zero-order valence-corrected chi connectivity index (χ0v) is 17.4. The summed E-state index contributed by atoms with van der Waals surface area (Å²) in [5, 5.41) is 9.74. The number of halogens is 1. The van der Waals surface area contributed by atoms with E-state index in [1.807, 2.05) is 0 Å². The molecule has 8 nitrogen and oxygen atoms in total. The fraction of sp³-hybridized carbons (Fsp3) is 0.0870. The van der Waals surface area contributed by atoms with Crippen LogP contribution in [0.15, 0.2) is 73.2 Å². The van der Waals surface area contributed by atoms with Gasteiger partial charge in [0.15, 0.2) is 5.82 Å². The van der Waals surface area contributed by atoms with E-state index in [4.69, 9.17) is 4.74 Å². The van der Waals surface area contributed by atoms with Gasteiger partial charge in [0, 0.05) is 25.0 Å². The summed E-state index contributed by atoms with van der Waals surface area (Å²) in [6.45, 7) is 1.39. The number of benzene rings is 2. The highest BCUT2D eigenvalue weighted by molar-refractivity contribution is 6.07. The molecule has 0 fully saturated rings. The van der Waals surface area contributed by atoms with E-state index < -0.39 is 11.7 Å². The number of methoxy groups -OCH3 is 1. The fourth-order valence-electron chi connectivity index (χ4n) is 3.30. The summed E-state index contributed by atoms with van der Waals surface area (Å²) in [7, 11) is 1.48. The topological polar surface area (TPSA) is 90.2 Å². The normalized spacial score (nSPS) is 10.6. The first kappa shape index (κ1) is 20.9. The van der Waals surface area contributed by atoms with Crippen molar-refractivity contribution in [3.63, 3.8) is 0 Å². The van der Waals surface area contributed by atoms with Gasteiger partial charge in [0.2, 0.25) is 5.91 Å². The average molecular weight is 433 g/mol. The number of nitrogens with zero attached hydrogens (tertiary/aromatic N) is 3. The third-order valence-electron chi connectivity index (χ3n) is 4.69. The smallest absolute Gasteiger partial charge is 0.261 e. The molecule has 0 aliphatic carbocycles. The maximum absolute atomic E-state index is 14.5. The molecule has 0 saturated carbocycles. The first-order chi connectivity index (χ1) is 15.5. The number of hydrogen-bond donors (Lipinski definition) is 2. The number of para-hydroxylation sites is 1. The molecule has 2 N–H and O–H groups in total. The Morgan fingerprint density at radius 2 is 1.78 bits per heavy atom. The summed E-state index contributed by atoms with van der Waals surface area (Å²) in [5.74, 6) is -0.408. The standard InChI is InChI=1S/C23H20FN5O3/c1-15(30)26-16-9-10-21(32-2)19(13-16)27-22(31)17-14-25-29(20-8-4-3-7-18(20)24)23(17)28-11-5-6-12-28/h3-14H,1-2H3,(H,26,30)(H,27,31). The Kier molecular flexibility index (Phi) is 5.71. The van der Waals surface area contributed by atoms with E-state index >= 15 is 0 Å². The van der Waals surface area contributed by atoms with Crippen LogP contribution in [0, 0.1) is 5.82 Å². The highest BCUT2D eigenvalue weighted by Gasteiger charge is 2.22. The molecule has 4 aromatic rings. The number of rotatable bonds is 6. The van der Waals surface area contributed by atoms with Gasteiger partial charge in [-0.3, -0.25) is 9.59 Å². The molecule has 0 radical (unpaired) electrons. The molecule has 2 aromatic carbocycles. The van der Waals surface area contributed by atoms with Gasteiger partial charge < -0.3 is 19.9 Å². The Hall–Kier alpha value is -4.40. The number of anilines is 2. The van der Waals surface area contributed by atoms with E-state index in [9.17, 15) is 14.0 Å². The summed E-state index contributed by atoms with van der Waals surface area (Å²) < 4.78 is 22.9. The number of hydrogen-bond acceptors (Lipinski definition) is 4. The van der Waals surface area contributed by atoms with E-state index in [2.05, 4.69) is 15.7 Å². The van der Waals surface area contributed by atoms with Crippen LogP contribution in [-0.2, 0) is 4.79 Å². The third-order valence-corrected chi connectivity index (χ3v) is 4.69. The van der Waals surface area contributed by atoms with E-state index in [1.165, 1.54) is 31.0 Å². The zero-order chi connectivity index (χ0) is 22.7. The van der Waals surface area contributed by atoms with Crippen LogP contribution in [0.2, 0.25) is 0 Å². The lowest BCUT2D eigenvalue weighted by atomic mass is 10.2. The van der Waals surface area contributed by atoms with Gasteiger partial charge in [-0.05, 0) is 42.5 Å². The van der Waals surface area contributed by atoms with Gasteiger partial charge in [0.1, 0.15) is 22.8 Å². The lowest BCUT2D eigenvalue weighted by Gasteiger charge is -2.14. The lowest BCUT2D eigenvalue weighted by Crippen LogP contribution is -2.16. The number of amides is 2. The molecule has 2 aromatic heterocycles. The Labute approximate surface area is 183 Å². The number of carbonyl (C=O) groups is 2. The summed E-state index contributed by atoms with van der Waals surface area (Å²) in [4.78, 5) is 24.6. The molecule has 2 heterocycles. The Balaban J connectivity index is 1.76. The van der Waals surface area contributed by atoms with Crippen molar-refractivity contribution in [1.82, 2.24) is 14.3 Å². The van der Waals surface area contributed by atoms with Crippen molar-refractivity contribution in [3.8, 4) is 17.3 Å². The average Bonchev–Trinajstić information content (AvgIpc) is 3.43. The minimum absolute atomic E-state index is 0.209. The van der Waals surface area contributed by atoms with Crippen LogP contribution in [0.1, 0.15) is 17.3 Å². The van der Waals surface area contributed by atoms with Crippen molar-refractivity contribution in [3.05, 3.63) is 84.6 Å². The minimum Gasteiger partial charge on any atom is -0.495 e. The predicted octanol–water partition coefficient (Wildman–Crippen LogP) is 4.02. The van der Waals surface area contributed by atoms with Crippen LogP contribution in [0.25, 0.3) is 11.5 Å². The Morgan fingerprint density at radius 1 is 1.03 bits per heavy atom. The molecular formula is C23H20FN5O3. The van der Waals surface area contributed by atoms with E-state index in [1.54, 1.807) is 65.5 Å². The molecule has 4 rings (SSSR count). The molecule has 162 valence electrons. The maximum Gasteiger partial charge on any atom is 0.261 e. The summed E-state index contributed by atoms with van der Waals surface area (Å²) in [6.07, 6.45) is 4.85. The van der Waals surface area contributed by atoms with Crippen LogP contribution in [0.3, 0.4) is 0 Å². The van der Waals surface area contributed by atoms with Crippen molar-refractivity contribution >= 4 is 23.2 Å². The van der Waals surface area contributed by atoms with Crippen LogP contribution in [0.5, 0.6) is 5.75 Å². The SMILES string of the molecule is COc1ccc(NC(C)=O)cc1NC(=O)c1cnn(-c2ccccc2F)c1-n1cccc1. The first-order valence-electron chi connectivity index (χ1n) is 9.71. The summed E-state index contributed by atoms with van der Waals surface area (Å²) >= 11 is 0. The second kappa shape index (κ2) is 8.76. The van der Waals surface area contributed by atoms with Crippen LogP contribution < -0.4 is 15.4 Å². The highest BCUT2D eigenvalue weighted by atomic mass is 19.1. The van der Waals surface area contributed by atoms with E-state index in [0.29, 0.717) is 22.9 Å². The van der Waals surface area contributed by atoms with Crippen molar-refractivity contribution < 1.29 is 18.7 Å². The molecule has 0 unspecified atom stereocenters. The Morgan fingerprint density at radius 3 is 2.47 bits per heavy atom. The van der Waals surface area contributed by atoms with Gasteiger partial charge in [0.05, 0.1) is 19.0 Å². The fourth-order valence-corrected chi connectivity index (χ4v) is 3.30. The maximum atomic E-state index is 14.5. The number of ether oxygens (including phenoxy) is 1. The van der Waals surface area contributed by atoms with E-state index in [0.717, 1.165) is 0 Å². The summed E-state index contributed by atoms with van der Waals surface area (Å²) in [6, 6.07) is 14.7. The van der Waals surface area contributed by atoms with Gasteiger partial charge in [0.25, 0.3) is 5.91 Å². The first-order valence-corrected chi connectivity index (χ1v) is 9.71. The molecule has 0 aliphatic heterocycles. The quantitative estimate of drug-likeness (QED) is 0.481. The predicted molar refractivity (Wildman–Crippen MR) is 118 cm³/mol. The summed E-state index contributed by atoms with van der Waals surface area (Å²) in [5.41, 5.74) is 1.29. The minimum atomic E-state index is -0.477. The van der Waals surface area contributed by atoms with Crippen molar-refractivity contribution in [2.24, 2.45) is 0 Å². The molecule has 0 atom stereocenters. The largest absolute Gasteiger partial charge is 0.495 e. The van der Waals surface area contributed by atoms with Gasteiger partial charge in [-0.2, -0.15) is 5.10 Å². The molecule has 0 saturated heterocycles. The van der Waals surface area contributed by atoms with Crippen LogP contribution >= 0.6 is 0 Å². The second-order valence-electron chi connectivity index (χ2n) is 6.89. The number of carbonyl (C=O) groups excluding carboxylic acids is 2. The van der Waals surface area contributed by atoms with Gasteiger partial charge in [-0.1, -0.05) is 12.1 Å². The second-order valence-corrected chi connectivity index (χ2v) is 6.89. The number of nitrogens with one attached hydrogen (secondary N) is 2. The monoisotopic (exact) mass is 433 g/mol. The number of aromatic nitrogens is 3. The van der Waals surface area contributed by atoms with Crippen molar-refractivity contribution in [2.75, 3.05) is 17.7 Å². The highest BCUT2D eigenvalue weighted by Crippen LogP contribution is 2.29. The zero-order valence-electron chi connectivity index (χ0n) is 17.4. The third kappa shape index (κ3) is 4.08. The molecular weight excluding hydrogens is 413 g/mol. The van der Waals surface area contributed by atoms with Gasteiger partial charge in [-0.25, -0.2) is 9.07 Å². The van der Waals surface area contributed by atoms with Gasteiger partial charge in [-0.15, -0.1) is 0 Å². The molecule has 2 amide bonds. The molecule has 0 spiro atoms. The van der Waals surface area contributed by atoms with Crippen LogP contribution in [-0.4, -0.2) is 33.3 Å². The van der Waals surface area contributed by atoms with Crippen LogP contribution in [0.4, 0.5) is 15.8 Å². The molecule has 0 aliphatic rings. The van der Waals surface area contributed by atoms with E-state index in [-0.39, 0.29) is 17.2 Å². The van der Waals surface area contributed by atoms with Gasteiger partial charge >= 0.3 is 0 Å². The lowest BCUT2D eigenvalue weighted by molar-refractivity contribution is -0.114. The molecule has 9 heteroatoms. The molecule has 32 heavy (non-hydrogen) atoms. The van der Waals surface area contributed by atoms with Crippen molar-refractivity contribution in [1.29, 1.82) is 0 Å².